The molecule has 0 spiro atoms. The van der Waals surface area contributed by atoms with Crippen LogP contribution in [0.15, 0.2) is 29.3 Å². The zero-order chi connectivity index (χ0) is 16.8. The number of aliphatic imine (C=N–C) groups is 1. The fraction of sp³-hybridized carbons (Fsp3) is 0.385. The summed E-state index contributed by atoms with van der Waals surface area (Å²) in [6.45, 7) is 1.76. The largest absolute Gasteiger partial charge is 0.573 e. The first-order valence-corrected chi connectivity index (χ1v) is 6.22. The second-order valence-corrected chi connectivity index (χ2v) is 4.35. The van der Waals surface area contributed by atoms with Gasteiger partial charge in [0, 0.05) is 5.69 Å². The lowest BCUT2D eigenvalue weighted by Crippen LogP contribution is -2.25. The molecule has 0 aliphatic carbocycles. The van der Waals surface area contributed by atoms with Crippen molar-refractivity contribution in [1.82, 2.24) is 0 Å². The van der Waals surface area contributed by atoms with E-state index in [-0.39, 0.29) is 18.3 Å². The maximum Gasteiger partial charge on any atom is 0.573 e. The van der Waals surface area contributed by atoms with E-state index < -0.39 is 18.2 Å². The highest BCUT2D eigenvalue weighted by molar-refractivity contribution is 5.92. The number of nitrogens with zero attached hydrogens (tertiary/aromatic N) is 1. The summed E-state index contributed by atoms with van der Waals surface area (Å²) in [6, 6.07) is 4.99. The number of anilines is 1. The molecule has 1 aromatic carbocycles. The molecule has 3 N–H and O–H groups in total. The number of hydrogen-bond acceptors (Lipinski definition) is 4. The van der Waals surface area contributed by atoms with Gasteiger partial charge in [0.1, 0.15) is 5.75 Å². The van der Waals surface area contributed by atoms with Crippen molar-refractivity contribution in [3.8, 4) is 5.75 Å². The number of methoxy groups -OCH3 is 1. The molecule has 0 fully saturated rings. The van der Waals surface area contributed by atoms with E-state index in [1.807, 2.05) is 0 Å². The van der Waals surface area contributed by atoms with Crippen LogP contribution in [0.5, 0.6) is 5.75 Å². The number of halogens is 3. The smallest absolute Gasteiger partial charge is 0.469 e. The first-order valence-electron chi connectivity index (χ1n) is 6.22. The third kappa shape index (κ3) is 6.33. The quantitative estimate of drug-likeness (QED) is 0.493. The van der Waals surface area contributed by atoms with Crippen LogP contribution in [0, 0.1) is 5.92 Å². The molecule has 0 saturated heterocycles. The van der Waals surface area contributed by atoms with Gasteiger partial charge in [0.25, 0.3) is 0 Å². The second kappa shape index (κ2) is 7.53. The molecule has 122 valence electrons. The van der Waals surface area contributed by atoms with E-state index in [2.05, 4.69) is 19.8 Å². The number of hydrogen-bond donors (Lipinski definition) is 2. The Balaban J connectivity index is 2.57. The van der Waals surface area contributed by atoms with Gasteiger partial charge in [0.15, 0.2) is 5.96 Å². The van der Waals surface area contributed by atoms with Crippen LogP contribution < -0.4 is 15.8 Å². The van der Waals surface area contributed by atoms with Gasteiger partial charge < -0.3 is 20.5 Å². The molecule has 0 aromatic heterocycles. The van der Waals surface area contributed by atoms with Crippen LogP contribution in [0.1, 0.15) is 6.92 Å². The Morgan fingerprint density at radius 2 is 1.95 bits per heavy atom. The van der Waals surface area contributed by atoms with E-state index in [1.54, 1.807) is 6.92 Å². The summed E-state index contributed by atoms with van der Waals surface area (Å²) in [7, 11) is 1.27. The van der Waals surface area contributed by atoms with Crippen LogP contribution in [0.3, 0.4) is 0 Å². The summed E-state index contributed by atoms with van der Waals surface area (Å²) in [4.78, 5) is 15.1. The molecule has 1 unspecified atom stereocenters. The number of esters is 1. The van der Waals surface area contributed by atoms with Crippen LogP contribution in [0.4, 0.5) is 18.9 Å². The molecule has 9 heteroatoms. The van der Waals surface area contributed by atoms with Gasteiger partial charge in [-0.3, -0.25) is 9.79 Å². The van der Waals surface area contributed by atoms with E-state index in [0.29, 0.717) is 5.69 Å². The van der Waals surface area contributed by atoms with Crippen molar-refractivity contribution in [2.24, 2.45) is 16.6 Å². The molecule has 0 aliphatic rings. The van der Waals surface area contributed by atoms with Crippen LogP contribution in [-0.2, 0) is 9.53 Å². The third-order valence-electron chi connectivity index (χ3n) is 2.50. The van der Waals surface area contributed by atoms with Crippen molar-refractivity contribution in [2.45, 2.75) is 13.3 Å². The lowest BCUT2D eigenvalue weighted by Gasteiger charge is -2.10. The number of guanidine groups is 1. The Morgan fingerprint density at radius 3 is 2.45 bits per heavy atom. The van der Waals surface area contributed by atoms with Crippen molar-refractivity contribution in [3.05, 3.63) is 24.3 Å². The average molecular weight is 319 g/mol. The maximum atomic E-state index is 12.0. The Morgan fingerprint density at radius 1 is 1.36 bits per heavy atom. The standard InChI is InChI=1S/C13H16F3N3O3/c1-8(11(20)21-2)7-18-12(17)19-9-3-5-10(6-4-9)22-13(14,15)16/h3-6,8H,7H2,1-2H3,(H3,17,18,19). The molecule has 6 nitrogen and oxygen atoms in total. The molecular weight excluding hydrogens is 303 g/mol. The lowest BCUT2D eigenvalue weighted by molar-refractivity contribution is -0.274. The molecule has 0 amide bonds. The van der Waals surface area contributed by atoms with Crippen molar-refractivity contribution >= 4 is 17.6 Å². The number of rotatable bonds is 5. The molecule has 1 aromatic rings. The third-order valence-corrected chi connectivity index (χ3v) is 2.50. The fourth-order valence-electron chi connectivity index (χ4n) is 1.44. The number of carbonyl (C=O) groups excluding carboxylic acids is 1. The first kappa shape index (κ1) is 17.6. The molecule has 1 rings (SSSR count). The summed E-state index contributed by atoms with van der Waals surface area (Å²) >= 11 is 0. The summed E-state index contributed by atoms with van der Waals surface area (Å²) in [6.07, 6.45) is -4.74. The van der Waals surface area contributed by atoms with Gasteiger partial charge in [-0.15, -0.1) is 13.2 Å². The fourth-order valence-corrected chi connectivity index (χ4v) is 1.44. The van der Waals surface area contributed by atoms with Crippen LogP contribution in [0.25, 0.3) is 0 Å². The van der Waals surface area contributed by atoms with E-state index in [9.17, 15) is 18.0 Å². The zero-order valence-corrected chi connectivity index (χ0v) is 12.0. The highest BCUT2D eigenvalue weighted by Crippen LogP contribution is 2.23. The van der Waals surface area contributed by atoms with E-state index in [0.717, 1.165) is 12.1 Å². The van der Waals surface area contributed by atoms with Crippen LogP contribution in [0.2, 0.25) is 0 Å². The number of ether oxygens (including phenoxy) is 2. The van der Waals surface area contributed by atoms with Crippen molar-refractivity contribution in [3.63, 3.8) is 0 Å². The van der Waals surface area contributed by atoms with E-state index in [1.165, 1.54) is 19.2 Å². The van der Waals surface area contributed by atoms with Crippen molar-refractivity contribution in [1.29, 1.82) is 0 Å². The molecule has 0 bridgehead atoms. The predicted octanol–water partition coefficient (Wildman–Crippen LogP) is 2.12. The van der Waals surface area contributed by atoms with Gasteiger partial charge in [-0.25, -0.2) is 0 Å². The molecular formula is C13H16F3N3O3. The zero-order valence-electron chi connectivity index (χ0n) is 12.0. The van der Waals surface area contributed by atoms with Crippen LogP contribution >= 0.6 is 0 Å². The Kier molecular flexibility index (Phi) is 6.02. The average Bonchev–Trinajstić information content (AvgIpc) is 2.44. The van der Waals surface area contributed by atoms with Crippen molar-refractivity contribution < 1.29 is 27.4 Å². The molecule has 0 radical (unpaired) electrons. The van der Waals surface area contributed by atoms with Gasteiger partial charge in [-0.2, -0.15) is 0 Å². The Hall–Kier alpha value is -2.45. The van der Waals surface area contributed by atoms with Crippen molar-refractivity contribution in [2.75, 3.05) is 19.0 Å². The number of alkyl halides is 3. The SMILES string of the molecule is COC(=O)C(C)CN=C(N)Nc1ccc(OC(F)(F)F)cc1. The normalized spacial score (nSPS) is 13.4. The maximum absolute atomic E-state index is 12.0. The van der Waals surface area contributed by atoms with Crippen LogP contribution in [-0.4, -0.2) is 31.9 Å². The molecule has 0 saturated carbocycles. The molecule has 22 heavy (non-hydrogen) atoms. The molecule has 1 atom stereocenters. The van der Waals surface area contributed by atoms with Gasteiger partial charge >= 0.3 is 12.3 Å². The van der Waals surface area contributed by atoms with Gasteiger partial charge in [-0.05, 0) is 24.3 Å². The predicted molar refractivity (Wildman–Crippen MR) is 74.4 cm³/mol. The highest BCUT2D eigenvalue weighted by atomic mass is 19.4. The number of nitrogens with one attached hydrogen (secondary N) is 1. The van der Waals surface area contributed by atoms with Gasteiger partial charge in [0.05, 0.1) is 19.6 Å². The van der Waals surface area contributed by atoms with Gasteiger partial charge in [-0.1, -0.05) is 6.92 Å². The number of carbonyl (C=O) groups is 1. The summed E-state index contributed by atoms with van der Waals surface area (Å²) < 4.78 is 44.3. The van der Waals surface area contributed by atoms with Gasteiger partial charge in [0.2, 0.25) is 0 Å². The first-order chi connectivity index (χ1) is 10.2. The monoisotopic (exact) mass is 319 g/mol. The van der Waals surface area contributed by atoms with E-state index >= 15 is 0 Å². The second-order valence-electron chi connectivity index (χ2n) is 4.35. The highest BCUT2D eigenvalue weighted by Gasteiger charge is 2.30. The minimum Gasteiger partial charge on any atom is -0.469 e. The van der Waals surface area contributed by atoms with E-state index in [4.69, 9.17) is 5.73 Å². The summed E-state index contributed by atoms with van der Waals surface area (Å²) in [5.74, 6) is -1.17. The molecule has 0 heterocycles. The Labute approximate surface area is 125 Å². The summed E-state index contributed by atoms with van der Waals surface area (Å²) in [5, 5.41) is 2.68. The number of benzene rings is 1. The number of nitrogens with two attached hydrogens (primary N) is 1. The topological polar surface area (TPSA) is 85.9 Å². The minimum absolute atomic E-state index is 0.0280. The summed E-state index contributed by atoms with van der Waals surface area (Å²) in [5.41, 5.74) is 6.04. The lowest BCUT2D eigenvalue weighted by atomic mass is 10.2. The Bertz CT molecular complexity index is 530. The minimum atomic E-state index is -4.74. The molecule has 0 aliphatic heterocycles.